The molecule has 0 atom stereocenters. The van der Waals surface area contributed by atoms with E-state index in [2.05, 4.69) is 15.6 Å². The Morgan fingerprint density at radius 3 is 2.52 bits per heavy atom. The molecule has 2 amide bonds. The van der Waals surface area contributed by atoms with Crippen LogP contribution in [0.5, 0.6) is 0 Å². The second kappa shape index (κ2) is 8.46. The molecule has 0 radical (unpaired) electrons. The number of carbonyl (C=O) groups excluding carboxylic acids is 2. The molecule has 0 aliphatic rings. The molecule has 0 unspecified atom stereocenters. The number of hydrogen-bond acceptors (Lipinski definition) is 5. The number of thioether (sulfide) groups is 1. The quantitative estimate of drug-likeness (QED) is 0.641. The lowest BCUT2D eigenvalue weighted by Crippen LogP contribution is -2.14. The Kier molecular flexibility index (Phi) is 5.81. The van der Waals surface area contributed by atoms with E-state index in [-0.39, 0.29) is 17.6 Å². The fourth-order valence-corrected chi connectivity index (χ4v) is 3.32. The van der Waals surface area contributed by atoms with Gasteiger partial charge in [-0.3, -0.25) is 9.59 Å². The van der Waals surface area contributed by atoms with Crippen LogP contribution in [0.2, 0.25) is 0 Å². The number of hydrogen-bond donors (Lipinski definition) is 2. The molecule has 0 bridgehead atoms. The molecule has 0 aliphatic heterocycles. The van der Waals surface area contributed by atoms with Gasteiger partial charge in [0.15, 0.2) is 0 Å². The first kappa shape index (κ1) is 17.2. The molecule has 2 aromatic heterocycles. The second-order valence-corrected chi connectivity index (χ2v) is 7.00. The zero-order chi connectivity index (χ0) is 17.5. The first-order chi connectivity index (χ1) is 12.2. The van der Waals surface area contributed by atoms with Crippen LogP contribution in [0.15, 0.2) is 71.1 Å². The van der Waals surface area contributed by atoms with Crippen molar-refractivity contribution in [2.24, 2.45) is 0 Å². The van der Waals surface area contributed by atoms with Crippen LogP contribution < -0.4 is 10.6 Å². The van der Waals surface area contributed by atoms with Gasteiger partial charge in [0.05, 0.1) is 10.6 Å². The lowest BCUT2D eigenvalue weighted by Gasteiger charge is -2.06. The van der Waals surface area contributed by atoms with Crippen molar-refractivity contribution >= 4 is 46.4 Å². The highest BCUT2D eigenvalue weighted by atomic mass is 32.2. The summed E-state index contributed by atoms with van der Waals surface area (Å²) in [5.41, 5.74) is 0.723. The van der Waals surface area contributed by atoms with Crippen LogP contribution in [0, 0.1) is 0 Å². The third-order valence-electron chi connectivity index (χ3n) is 3.16. The summed E-state index contributed by atoms with van der Waals surface area (Å²) in [4.78, 5) is 29.6. The number of carbonyl (C=O) groups is 2. The molecule has 1 aromatic carbocycles. The molecular formula is C18H15N3O2S2. The van der Waals surface area contributed by atoms with Gasteiger partial charge in [-0.1, -0.05) is 12.1 Å². The second-order valence-electron chi connectivity index (χ2n) is 5.01. The topological polar surface area (TPSA) is 71.1 Å². The summed E-state index contributed by atoms with van der Waals surface area (Å²) >= 11 is 2.82. The summed E-state index contributed by atoms with van der Waals surface area (Å²) in [5.74, 6) is 0.598. The van der Waals surface area contributed by atoms with Crippen LogP contribution in [-0.2, 0) is 4.79 Å². The molecule has 0 aliphatic carbocycles. The van der Waals surface area contributed by atoms with Gasteiger partial charge in [-0.15, -0.1) is 23.1 Å². The van der Waals surface area contributed by atoms with E-state index in [1.807, 2.05) is 41.8 Å². The standard InChI is InChI=1S/C18H15N3O2S2/c22-17(21-16-5-1-2-10-19-16)12-25-14-8-6-13(7-9-14)20-18(23)15-4-3-11-24-15/h1-11H,12H2,(H,20,23)(H,19,21,22). The molecule has 25 heavy (non-hydrogen) atoms. The summed E-state index contributed by atoms with van der Waals surface area (Å²) in [7, 11) is 0. The Morgan fingerprint density at radius 2 is 1.84 bits per heavy atom. The SMILES string of the molecule is O=C(CSc1ccc(NC(=O)c2cccs2)cc1)Nc1ccccn1. The summed E-state index contributed by atoms with van der Waals surface area (Å²) in [6.07, 6.45) is 1.63. The predicted octanol–water partition coefficient (Wildman–Crippen LogP) is 4.13. The normalized spacial score (nSPS) is 10.2. The third-order valence-corrected chi connectivity index (χ3v) is 5.04. The average Bonchev–Trinajstić information content (AvgIpc) is 3.17. The first-order valence-corrected chi connectivity index (χ1v) is 9.36. The van der Waals surface area contributed by atoms with Crippen LogP contribution in [0.1, 0.15) is 9.67 Å². The number of amides is 2. The van der Waals surface area contributed by atoms with Crippen LogP contribution >= 0.6 is 23.1 Å². The summed E-state index contributed by atoms with van der Waals surface area (Å²) in [5, 5.41) is 7.45. The van der Waals surface area contributed by atoms with E-state index >= 15 is 0 Å². The van der Waals surface area contributed by atoms with Gasteiger partial charge < -0.3 is 10.6 Å². The van der Waals surface area contributed by atoms with Crippen LogP contribution in [-0.4, -0.2) is 22.6 Å². The molecule has 5 nitrogen and oxygen atoms in total. The Balaban J connectivity index is 1.49. The molecule has 0 spiro atoms. The van der Waals surface area contributed by atoms with E-state index in [1.165, 1.54) is 23.1 Å². The molecule has 7 heteroatoms. The Bertz CT molecular complexity index is 835. The molecular weight excluding hydrogens is 354 g/mol. The van der Waals surface area contributed by atoms with Gasteiger partial charge in [-0.05, 0) is 47.8 Å². The molecule has 126 valence electrons. The minimum atomic E-state index is -0.120. The maximum atomic E-state index is 12.0. The van der Waals surface area contributed by atoms with Gasteiger partial charge in [0.1, 0.15) is 5.82 Å². The van der Waals surface area contributed by atoms with Gasteiger partial charge >= 0.3 is 0 Å². The van der Waals surface area contributed by atoms with E-state index in [0.717, 1.165) is 10.6 Å². The van der Waals surface area contributed by atoms with Gasteiger partial charge in [0.2, 0.25) is 5.91 Å². The average molecular weight is 369 g/mol. The van der Waals surface area contributed by atoms with E-state index in [4.69, 9.17) is 0 Å². The fourth-order valence-electron chi connectivity index (χ4n) is 2.00. The summed E-state index contributed by atoms with van der Waals surface area (Å²) in [6.45, 7) is 0. The maximum Gasteiger partial charge on any atom is 0.265 e. The third kappa shape index (κ3) is 5.17. The van der Waals surface area contributed by atoms with Crippen molar-refractivity contribution in [3.8, 4) is 0 Å². The number of thiophene rings is 1. The minimum Gasteiger partial charge on any atom is -0.321 e. The molecule has 2 heterocycles. The van der Waals surface area contributed by atoms with E-state index in [9.17, 15) is 9.59 Å². The maximum absolute atomic E-state index is 12.0. The van der Waals surface area contributed by atoms with Crippen LogP contribution in [0.4, 0.5) is 11.5 Å². The van der Waals surface area contributed by atoms with Gasteiger partial charge in [-0.2, -0.15) is 0 Å². The zero-order valence-electron chi connectivity index (χ0n) is 13.1. The molecule has 2 N–H and O–H groups in total. The summed E-state index contributed by atoms with van der Waals surface area (Å²) < 4.78 is 0. The summed E-state index contributed by atoms with van der Waals surface area (Å²) in [6, 6.07) is 16.4. The number of nitrogens with one attached hydrogen (secondary N) is 2. The van der Waals surface area contributed by atoms with Gasteiger partial charge in [0.25, 0.3) is 5.91 Å². The van der Waals surface area contributed by atoms with Crippen molar-refractivity contribution in [2.75, 3.05) is 16.4 Å². The first-order valence-electron chi connectivity index (χ1n) is 7.49. The molecule has 0 fully saturated rings. The van der Waals surface area contributed by atoms with Crippen molar-refractivity contribution in [3.05, 3.63) is 71.1 Å². The lowest BCUT2D eigenvalue weighted by atomic mass is 10.3. The number of pyridine rings is 1. The molecule has 0 saturated carbocycles. The molecule has 0 saturated heterocycles. The van der Waals surface area contributed by atoms with Crippen molar-refractivity contribution in [1.29, 1.82) is 0 Å². The Morgan fingerprint density at radius 1 is 1.00 bits per heavy atom. The smallest absolute Gasteiger partial charge is 0.265 e. The van der Waals surface area contributed by atoms with E-state index < -0.39 is 0 Å². The lowest BCUT2D eigenvalue weighted by molar-refractivity contribution is -0.113. The monoisotopic (exact) mass is 369 g/mol. The van der Waals surface area contributed by atoms with Crippen LogP contribution in [0.25, 0.3) is 0 Å². The highest BCUT2D eigenvalue weighted by molar-refractivity contribution is 8.00. The highest BCUT2D eigenvalue weighted by Crippen LogP contribution is 2.21. The van der Waals surface area contributed by atoms with Crippen molar-refractivity contribution in [1.82, 2.24) is 4.98 Å². The minimum absolute atomic E-state index is 0.112. The molecule has 3 rings (SSSR count). The largest absolute Gasteiger partial charge is 0.321 e. The van der Waals surface area contributed by atoms with Crippen molar-refractivity contribution < 1.29 is 9.59 Å². The van der Waals surface area contributed by atoms with Crippen molar-refractivity contribution in [3.63, 3.8) is 0 Å². The van der Waals surface area contributed by atoms with Gasteiger partial charge in [0, 0.05) is 16.8 Å². The predicted molar refractivity (Wildman–Crippen MR) is 102 cm³/mol. The zero-order valence-corrected chi connectivity index (χ0v) is 14.8. The van der Waals surface area contributed by atoms with E-state index in [1.54, 1.807) is 24.4 Å². The Hall–Kier alpha value is -2.64. The van der Waals surface area contributed by atoms with Gasteiger partial charge in [-0.25, -0.2) is 4.98 Å². The number of aromatic nitrogens is 1. The number of nitrogens with zero attached hydrogens (tertiary/aromatic N) is 1. The number of benzene rings is 1. The number of rotatable bonds is 6. The van der Waals surface area contributed by atoms with Crippen molar-refractivity contribution in [2.45, 2.75) is 4.90 Å². The molecule has 3 aromatic rings. The van der Waals surface area contributed by atoms with Crippen LogP contribution in [0.3, 0.4) is 0 Å². The highest BCUT2D eigenvalue weighted by Gasteiger charge is 2.07. The number of anilines is 2. The Labute approximate surface area is 153 Å². The fraction of sp³-hybridized carbons (Fsp3) is 0.0556. The van der Waals surface area contributed by atoms with E-state index in [0.29, 0.717) is 10.7 Å².